The highest BCUT2D eigenvalue weighted by atomic mass is 35.5. The summed E-state index contributed by atoms with van der Waals surface area (Å²) in [4.78, 5) is 18.9. The van der Waals surface area contributed by atoms with E-state index in [1.165, 1.54) is 35.5 Å². The van der Waals surface area contributed by atoms with Crippen molar-refractivity contribution in [2.75, 3.05) is 18.1 Å². The number of pyridine rings is 1. The lowest BCUT2D eigenvalue weighted by atomic mass is 10.1. The highest BCUT2D eigenvalue weighted by molar-refractivity contribution is 6.40. The van der Waals surface area contributed by atoms with Crippen LogP contribution in [0.3, 0.4) is 0 Å². The van der Waals surface area contributed by atoms with Gasteiger partial charge in [-0.15, -0.1) is 0 Å². The van der Waals surface area contributed by atoms with Gasteiger partial charge in [0, 0.05) is 18.0 Å². The number of carbonyl (C=O) groups is 1. The van der Waals surface area contributed by atoms with Gasteiger partial charge in [-0.05, 0) is 50.8 Å². The Morgan fingerprint density at radius 2 is 1.94 bits per heavy atom. The Labute approximate surface area is 199 Å². The van der Waals surface area contributed by atoms with Crippen LogP contribution in [0.2, 0.25) is 10.0 Å². The molecule has 178 valence electrons. The van der Waals surface area contributed by atoms with E-state index in [1.54, 1.807) is 13.8 Å². The lowest BCUT2D eigenvalue weighted by Crippen LogP contribution is -2.43. The number of ether oxygens (including phenoxy) is 4. The third-order valence-corrected chi connectivity index (χ3v) is 5.70. The number of alkyl halides is 2. The predicted molar refractivity (Wildman–Crippen MR) is 117 cm³/mol. The number of nitrogens with zero attached hydrogens (tertiary/aromatic N) is 2. The first-order chi connectivity index (χ1) is 15.6. The maximum absolute atomic E-state index is 13.7. The molecule has 1 saturated carbocycles. The Balaban J connectivity index is 1.71. The minimum atomic E-state index is -3.04. The van der Waals surface area contributed by atoms with Crippen molar-refractivity contribution >= 4 is 34.8 Å². The summed E-state index contributed by atoms with van der Waals surface area (Å²) < 4.78 is 47.5. The molecule has 1 atom stereocenters. The van der Waals surface area contributed by atoms with Gasteiger partial charge in [0.1, 0.15) is 0 Å². The van der Waals surface area contributed by atoms with Crippen molar-refractivity contribution in [3.63, 3.8) is 0 Å². The molecule has 1 aliphatic carbocycles. The molecule has 1 saturated heterocycles. The zero-order valence-corrected chi connectivity index (χ0v) is 19.4. The van der Waals surface area contributed by atoms with Crippen molar-refractivity contribution in [1.82, 2.24) is 4.98 Å². The number of hydrogen-bond acceptors (Lipinski definition) is 6. The second-order valence-electron chi connectivity index (χ2n) is 8.20. The summed E-state index contributed by atoms with van der Waals surface area (Å²) in [5, 5.41) is 0.263. The van der Waals surface area contributed by atoms with Crippen molar-refractivity contribution in [3.05, 3.63) is 46.2 Å². The van der Waals surface area contributed by atoms with Crippen LogP contribution in [0.4, 0.5) is 14.5 Å². The molecule has 2 fully saturated rings. The molecule has 0 bridgehead atoms. The van der Waals surface area contributed by atoms with Crippen LogP contribution >= 0.6 is 23.2 Å². The number of amides is 1. The normalized spacial score (nSPS) is 19.5. The molecule has 1 amide bonds. The summed E-state index contributed by atoms with van der Waals surface area (Å²) in [5.74, 6) is -1.24. The quantitative estimate of drug-likeness (QED) is 0.472. The minimum absolute atomic E-state index is 0.0452. The third-order valence-electron chi connectivity index (χ3n) is 5.15. The van der Waals surface area contributed by atoms with Crippen LogP contribution in [0.25, 0.3) is 0 Å². The van der Waals surface area contributed by atoms with Gasteiger partial charge >= 0.3 is 6.61 Å². The molecule has 2 aromatic rings. The van der Waals surface area contributed by atoms with E-state index in [0.29, 0.717) is 12.5 Å². The van der Waals surface area contributed by atoms with Gasteiger partial charge < -0.3 is 18.9 Å². The SMILES string of the molecule is CC1(C)OCC(N(C(=O)c2ccc(OC(F)F)c(OCC3CC3)c2)c2c(Cl)cncc2Cl)O1. The van der Waals surface area contributed by atoms with Crippen LogP contribution in [-0.2, 0) is 9.47 Å². The zero-order chi connectivity index (χ0) is 23.8. The fourth-order valence-corrected chi connectivity index (χ4v) is 3.93. The molecule has 33 heavy (non-hydrogen) atoms. The predicted octanol–water partition coefficient (Wildman–Crippen LogP) is 5.53. The van der Waals surface area contributed by atoms with E-state index in [2.05, 4.69) is 9.72 Å². The monoisotopic (exact) mass is 502 g/mol. The Kier molecular flexibility index (Phi) is 6.95. The van der Waals surface area contributed by atoms with Gasteiger partial charge in [-0.25, -0.2) is 0 Å². The maximum atomic E-state index is 13.7. The summed E-state index contributed by atoms with van der Waals surface area (Å²) in [6.45, 7) is 0.798. The van der Waals surface area contributed by atoms with Crippen molar-refractivity contribution in [2.24, 2.45) is 5.92 Å². The van der Waals surface area contributed by atoms with E-state index < -0.39 is 24.5 Å². The molecule has 0 radical (unpaired) electrons. The van der Waals surface area contributed by atoms with Crippen LogP contribution < -0.4 is 14.4 Å². The van der Waals surface area contributed by atoms with Crippen molar-refractivity contribution < 1.29 is 32.5 Å². The van der Waals surface area contributed by atoms with Crippen LogP contribution in [0, 0.1) is 5.92 Å². The minimum Gasteiger partial charge on any atom is -0.489 e. The Hall–Kier alpha value is -2.20. The number of rotatable bonds is 8. The van der Waals surface area contributed by atoms with E-state index in [1.807, 2.05) is 0 Å². The van der Waals surface area contributed by atoms with Crippen LogP contribution in [0.5, 0.6) is 11.5 Å². The smallest absolute Gasteiger partial charge is 0.387 e. The lowest BCUT2D eigenvalue weighted by molar-refractivity contribution is -0.137. The van der Waals surface area contributed by atoms with Gasteiger partial charge in [-0.2, -0.15) is 8.78 Å². The molecule has 0 N–H and O–H groups in total. The van der Waals surface area contributed by atoms with Gasteiger partial charge in [0.2, 0.25) is 0 Å². The fourth-order valence-electron chi connectivity index (χ4n) is 3.38. The van der Waals surface area contributed by atoms with Gasteiger partial charge in [0.15, 0.2) is 23.5 Å². The number of carbonyl (C=O) groups excluding carboxylic acids is 1. The molecule has 1 aliphatic heterocycles. The van der Waals surface area contributed by atoms with Crippen molar-refractivity contribution in [3.8, 4) is 11.5 Å². The summed E-state index contributed by atoms with van der Waals surface area (Å²) in [6, 6.07) is 3.99. The summed E-state index contributed by atoms with van der Waals surface area (Å²) in [5.41, 5.74) is 0.331. The lowest BCUT2D eigenvalue weighted by Gasteiger charge is -2.30. The van der Waals surface area contributed by atoms with E-state index in [0.717, 1.165) is 12.8 Å². The second-order valence-corrected chi connectivity index (χ2v) is 9.02. The van der Waals surface area contributed by atoms with Crippen molar-refractivity contribution in [1.29, 1.82) is 0 Å². The average molecular weight is 503 g/mol. The van der Waals surface area contributed by atoms with Crippen LogP contribution in [0.1, 0.15) is 37.0 Å². The van der Waals surface area contributed by atoms with E-state index in [-0.39, 0.29) is 39.4 Å². The number of halogens is 4. The standard InChI is InChI=1S/C22H22Cl2F2N2O5/c1-22(2)31-11-18(33-22)28(19-14(23)8-27-9-15(19)24)20(29)13-5-6-16(32-21(25)26)17(7-13)30-10-12-3-4-12/h5-9,12,18,21H,3-4,10-11H2,1-2H3. The molecular weight excluding hydrogens is 481 g/mol. The molecule has 11 heteroatoms. The first kappa shape index (κ1) is 23.9. The summed E-state index contributed by atoms with van der Waals surface area (Å²) in [6.07, 6.45) is 3.87. The molecule has 1 aromatic heterocycles. The van der Waals surface area contributed by atoms with Crippen LogP contribution in [-0.4, -0.2) is 42.7 Å². The van der Waals surface area contributed by atoms with Gasteiger partial charge in [0.05, 0.1) is 28.9 Å². The molecule has 1 unspecified atom stereocenters. The number of hydrogen-bond donors (Lipinski definition) is 0. The first-order valence-electron chi connectivity index (χ1n) is 10.3. The highest BCUT2D eigenvalue weighted by Crippen LogP contribution is 2.39. The summed E-state index contributed by atoms with van der Waals surface area (Å²) in [7, 11) is 0. The molecule has 4 rings (SSSR count). The topological polar surface area (TPSA) is 70.1 Å². The number of benzene rings is 1. The van der Waals surface area contributed by atoms with Gasteiger partial charge in [-0.3, -0.25) is 14.7 Å². The van der Waals surface area contributed by atoms with E-state index in [9.17, 15) is 13.6 Å². The van der Waals surface area contributed by atoms with Crippen molar-refractivity contribution in [2.45, 2.75) is 45.3 Å². The molecule has 2 heterocycles. The third kappa shape index (κ3) is 5.66. The molecule has 2 aliphatic rings. The van der Waals surface area contributed by atoms with Gasteiger partial charge in [-0.1, -0.05) is 23.2 Å². The van der Waals surface area contributed by atoms with Gasteiger partial charge in [0.25, 0.3) is 5.91 Å². The summed E-state index contributed by atoms with van der Waals surface area (Å²) >= 11 is 12.7. The Morgan fingerprint density at radius 1 is 1.24 bits per heavy atom. The van der Waals surface area contributed by atoms with Crippen LogP contribution in [0.15, 0.2) is 30.6 Å². The molecular formula is C22H22Cl2F2N2O5. The Morgan fingerprint density at radius 3 is 2.52 bits per heavy atom. The Bertz CT molecular complexity index is 1020. The number of anilines is 1. The van der Waals surface area contributed by atoms with E-state index >= 15 is 0 Å². The zero-order valence-electron chi connectivity index (χ0n) is 17.9. The maximum Gasteiger partial charge on any atom is 0.387 e. The number of aromatic nitrogens is 1. The second kappa shape index (κ2) is 9.58. The largest absolute Gasteiger partial charge is 0.489 e. The first-order valence-corrected chi connectivity index (χ1v) is 11.1. The molecule has 1 aromatic carbocycles. The fraction of sp³-hybridized carbons (Fsp3) is 0.455. The van der Waals surface area contributed by atoms with E-state index in [4.69, 9.17) is 37.4 Å². The molecule has 7 nitrogen and oxygen atoms in total. The molecule has 0 spiro atoms. The highest BCUT2D eigenvalue weighted by Gasteiger charge is 2.41. The average Bonchev–Trinajstić information content (AvgIpc) is 3.50.